The summed E-state index contributed by atoms with van der Waals surface area (Å²) in [6.07, 6.45) is 1.56. The Balaban J connectivity index is 2.12. The van der Waals surface area contributed by atoms with Gasteiger partial charge >= 0.3 is 5.97 Å². The molecule has 1 aliphatic rings. The lowest BCUT2D eigenvalue weighted by Crippen LogP contribution is -2.41. The fraction of sp³-hybridized carbons (Fsp3) is 0.381. The summed E-state index contributed by atoms with van der Waals surface area (Å²) in [5, 5.41) is 9.54. The first-order valence-electron chi connectivity index (χ1n) is 8.99. The van der Waals surface area contributed by atoms with Crippen LogP contribution in [0.15, 0.2) is 46.9 Å². The number of methoxy groups -OCH3 is 2. The minimum absolute atomic E-state index is 0.132. The third kappa shape index (κ3) is 4.12. The van der Waals surface area contributed by atoms with Gasteiger partial charge in [0.25, 0.3) is 0 Å². The Labute approximate surface area is 168 Å². The molecule has 1 N–H and O–H groups in total. The Morgan fingerprint density at radius 3 is 2.56 bits per heavy atom. The number of carboxylic acids is 1. The van der Waals surface area contributed by atoms with Gasteiger partial charge in [-0.25, -0.2) is 0 Å². The van der Waals surface area contributed by atoms with Gasteiger partial charge in [-0.3, -0.25) is 9.69 Å². The van der Waals surface area contributed by atoms with E-state index < -0.39 is 5.97 Å². The molecule has 2 atom stereocenters. The van der Waals surface area contributed by atoms with Gasteiger partial charge in [0.05, 0.1) is 26.2 Å². The van der Waals surface area contributed by atoms with Crippen molar-refractivity contribution >= 4 is 21.9 Å². The van der Waals surface area contributed by atoms with Crippen LogP contribution in [0.5, 0.6) is 11.5 Å². The van der Waals surface area contributed by atoms with E-state index in [-0.39, 0.29) is 12.0 Å². The minimum atomic E-state index is -0.733. The second-order valence-corrected chi connectivity index (χ2v) is 7.53. The average Bonchev–Trinajstić information content (AvgIpc) is 2.69. The van der Waals surface area contributed by atoms with Crippen LogP contribution in [-0.4, -0.2) is 43.3 Å². The molecule has 6 heteroatoms. The third-order valence-electron chi connectivity index (χ3n) is 5.09. The van der Waals surface area contributed by atoms with Crippen LogP contribution < -0.4 is 9.47 Å². The molecule has 0 amide bonds. The molecule has 0 spiro atoms. The summed E-state index contributed by atoms with van der Waals surface area (Å²) in [5.41, 5.74) is 2.05. The van der Waals surface area contributed by atoms with E-state index in [1.807, 2.05) is 36.4 Å². The van der Waals surface area contributed by atoms with Crippen LogP contribution in [0.2, 0.25) is 0 Å². The normalized spacial score (nSPS) is 18.7. The highest BCUT2D eigenvalue weighted by atomic mass is 79.9. The van der Waals surface area contributed by atoms with Crippen molar-refractivity contribution in [2.45, 2.75) is 18.9 Å². The van der Waals surface area contributed by atoms with E-state index in [2.05, 4.69) is 26.9 Å². The number of hydrogen-bond acceptors (Lipinski definition) is 4. The molecule has 0 radical (unpaired) electrons. The first-order chi connectivity index (χ1) is 13.1. The van der Waals surface area contributed by atoms with Crippen molar-refractivity contribution in [3.05, 3.63) is 58.1 Å². The lowest BCUT2D eigenvalue weighted by Gasteiger charge is -2.38. The molecule has 0 aromatic heterocycles. The number of para-hydroxylation sites is 1. The Morgan fingerprint density at radius 1 is 1.15 bits per heavy atom. The fourth-order valence-electron chi connectivity index (χ4n) is 3.83. The van der Waals surface area contributed by atoms with Gasteiger partial charge in [-0.05, 0) is 37.1 Å². The Bertz CT molecular complexity index is 811. The topological polar surface area (TPSA) is 59.0 Å². The number of hydrogen-bond donors (Lipinski definition) is 1. The molecule has 0 bridgehead atoms. The SMILES string of the molecule is COc1cccc(C(c2ccccc2Br)N2CCCC(C(=O)O)C2)c1OC. The third-order valence-corrected chi connectivity index (χ3v) is 5.82. The van der Waals surface area contributed by atoms with Crippen LogP contribution in [0.3, 0.4) is 0 Å². The summed E-state index contributed by atoms with van der Waals surface area (Å²) in [6, 6.07) is 13.8. The maximum absolute atomic E-state index is 11.6. The number of aliphatic carboxylic acids is 1. The van der Waals surface area contributed by atoms with Gasteiger partial charge in [0.15, 0.2) is 11.5 Å². The standard InChI is InChI=1S/C21H24BrNO4/c1-26-18-11-5-9-16(20(18)27-2)19(15-8-3-4-10-17(15)22)23-12-6-7-14(13-23)21(24)25/h3-5,8-11,14,19H,6-7,12-13H2,1-2H3,(H,24,25). The Hall–Kier alpha value is -2.05. The van der Waals surface area contributed by atoms with Crippen molar-refractivity contribution in [1.29, 1.82) is 0 Å². The average molecular weight is 434 g/mol. The number of nitrogens with zero attached hydrogens (tertiary/aromatic N) is 1. The quantitative estimate of drug-likeness (QED) is 0.733. The summed E-state index contributed by atoms with van der Waals surface area (Å²) in [6.45, 7) is 1.33. The molecular formula is C21H24BrNO4. The van der Waals surface area contributed by atoms with E-state index in [9.17, 15) is 9.90 Å². The molecular weight excluding hydrogens is 410 g/mol. The minimum Gasteiger partial charge on any atom is -0.493 e. The zero-order valence-electron chi connectivity index (χ0n) is 15.5. The van der Waals surface area contributed by atoms with Gasteiger partial charge in [0.1, 0.15) is 0 Å². The summed E-state index contributed by atoms with van der Waals surface area (Å²) in [7, 11) is 3.26. The van der Waals surface area contributed by atoms with Gasteiger partial charge in [0.2, 0.25) is 0 Å². The lowest BCUT2D eigenvalue weighted by molar-refractivity contribution is -0.143. The molecule has 2 aromatic rings. The predicted molar refractivity (Wildman–Crippen MR) is 107 cm³/mol. The number of ether oxygens (including phenoxy) is 2. The second kappa shape index (κ2) is 8.76. The van der Waals surface area contributed by atoms with Crippen LogP contribution in [-0.2, 0) is 4.79 Å². The Morgan fingerprint density at radius 2 is 1.89 bits per heavy atom. The van der Waals surface area contributed by atoms with Gasteiger partial charge in [-0.2, -0.15) is 0 Å². The zero-order chi connectivity index (χ0) is 19.4. The van der Waals surface area contributed by atoms with Crippen molar-refractivity contribution < 1.29 is 19.4 Å². The monoisotopic (exact) mass is 433 g/mol. The summed E-state index contributed by atoms with van der Waals surface area (Å²) < 4.78 is 12.2. The van der Waals surface area contributed by atoms with E-state index in [1.54, 1.807) is 14.2 Å². The molecule has 1 saturated heterocycles. The predicted octanol–water partition coefficient (Wildman–Crippen LogP) is 4.35. The zero-order valence-corrected chi connectivity index (χ0v) is 17.1. The molecule has 3 rings (SSSR count). The fourth-order valence-corrected chi connectivity index (χ4v) is 4.33. The van der Waals surface area contributed by atoms with Crippen molar-refractivity contribution in [3.63, 3.8) is 0 Å². The van der Waals surface area contributed by atoms with E-state index in [4.69, 9.17) is 9.47 Å². The Kier molecular flexibility index (Phi) is 6.39. The highest BCUT2D eigenvalue weighted by Gasteiger charge is 2.34. The lowest BCUT2D eigenvalue weighted by atomic mass is 9.91. The molecule has 0 aliphatic carbocycles. The first-order valence-corrected chi connectivity index (χ1v) is 9.78. The first kappa shape index (κ1) is 19.7. The molecule has 1 aliphatic heterocycles. The van der Waals surface area contributed by atoms with Crippen molar-refractivity contribution in [2.24, 2.45) is 5.92 Å². The van der Waals surface area contributed by atoms with E-state index in [0.29, 0.717) is 24.5 Å². The molecule has 1 heterocycles. The number of carboxylic acid groups (broad SMARTS) is 1. The number of rotatable bonds is 6. The van der Waals surface area contributed by atoms with E-state index in [1.165, 1.54) is 0 Å². The van der Waals surface area contributed by atoms with Crippen molar-refractivity contribution in [1.82, 2.24) is 4.90 Å². The molecule has 144 valence electrons. The largest absolute Gasteiger partial charge is 0.493 e. The van der Waals surface area contributed by atoms with Crippen LogP contribution >= 0.6 is 15.9 Å². The molecule has 2 unspecified atom stereocenters. The molecule has 5 nitrogen and oxygen atoms in total. The maximum Gasteiger partial charge on any atom is 0.307 e. The van der Waals surface area contributed by atoms with Gasteiger partial charge in [0, 0.05) is 16.6 Å². The number of likely N-dealkylation sites (tertiary alicyclic amines) is 1. The number of halogens is 1. The van der Waals surface area contributed by atoms with Crippen LogP contribution in [0.1, 0.15) is 30.0 Å². The summed E-state index contributed by atoms with van der Waals surface area (Å²) in [4.78, 5) is 13.8. The van der Waals surface area contributed by atoms with Crippen LogP contribution in [0, 0.1) is 5.92 Å². The summed E-state index contributed by atoms with van der Waals surface area (Å²) in [5.74, 6) is 0.251. The van der Waals surface area contributed by atoms with E-state index in [0.717, 1.165) is 28.6 Å². The van der Waals surface area contributed by atoms with Crippen LogP contribution in [0.4, 0.5) is 0 Å². The van der Waals surface area contributed by atoms with Crippen LogP contribution in [0.25, 0.3) is 0 Å². The highest BCUT2D eigenvalue weighted by molar-refractivity contribution is 9.10. The van der Waals surface area contributed by atoms with Crippen molar-refractivity contribution in [3.8, 4) is 11.5 Å². The maximum atomic E-state index is 11.6. The molecule has 2 aromatic carbocycles. The smallest absolute Gasteiger partial charge is 0.307 e. The molecule has 0 saturated carbocycles. The van der Waals surface area contributed by atoms with Crippen molar-refractivity contribution in [2.75, 3.05) is 27.3 Å². The number of piperidine rings is 1. The molecule has 27 heavy (non-hydrogen) atoms. The number of benzene rings is 2. The highest BCUT2D eigenvalue weighted by Crippen LogP contribution is 2.43. The van der Waals surface area contributed by atoms with Gasteiger partial charge < -0.3 is 14.6 Å². The van der Waals surface area contributed by atoms with Gasteiger partial charge in [-0.15, -0.1) is 0 Å². The second-order valence-electron chi connectivity index (χ2n) is 6.68. The molecule has 1 fully saturated rings. The number of carbonyl (C=O) groups is 1. The van der Waals surface area contributed by atoms with Gasteiger partial charge in [-0.1, -0.05) is 46.3 Å². The summed E-state index contributed by atoms with van der Waals surface area (Å²) >= 11 is 3.67. The van der Waals surface area contributed by atoms with E-state index >= 15 is 0 Å².